The molecular weight excluding hydrogens is 420 g/mol. The van der Waals surface area contributed by atoms with Gasteiger partial charge in [-0.25, -0.2) is 0 Å². The van der Waals surface area contributed by atoms with Crippen LogP contribution in [0.1, 0.15) is 0 Å². The minimum atomic E-state index is -5.76. The van der Waals surface area contributed by atoms with Gasteiger partial charge in [0.25, 0.3) is 0 Å². The molecule has 0 bridgehead atoms. The molecule has 14 nitrogen and oxygen atoms in total. The number of aliphatic hydroxyl groups is 2. The van der Waals surface area contributed by atoms with E-state index in [0.717, 1.165) is 0 Å². The molecule has 0 radical (unpaired) electrons. The molecule has 0 aliphatic heterocycles. The van der Waals surface area contributed by atoms with Crippen LogP contribution in [0, 0.1) is 0 Å². The highest BCUT2D eigenvalue weighted by atomic mass is 31.2. The van der Waals surface area contributed by atoms with E-state index in [4.69, 9.17) is 9.79 Å². The quantitative estimate of drug-likeness (QED) is 0.196. The summed E-state index contributed by atoms with van der Waals surface area (Å²) in [7, 11) is -22.8. The Balaban J connectivity index is 3.78. The third-order valence-corrected chi connectivity index (χ3v) is 9.74. The molecule has 0 spiro atoms. The molecule has 1 saturated carbocycles. The van der Waals surface area contributed by atoms with E-state index in [0.29, 0.717) is 0 Å². The van der Waals surface area contributed by atoms with Crippen molar-refractivity contribution in [3.8, 4) is 0 Å². The highest BCUT2D eigenvalue weighted by Gasteiger charge is 2.68. The first-order valence-corrected chi connectivity index (χ1v) is 12.6. The van der Waals surface area contributed by atoms with E-state index < -0.39 is 65.2 Å². The van der Waals surface area contributed by atoms with E-state index in [2.05, 4.69) is 0 Å². The van der Waals surface area contributed by atoms with Gasteiger partial charge in [0, 0.05) is 0 Å². The first kappa shape index (κ1) is 22.6. The Morgan fingerprint density at radius 1 is 0.417 bits per heavy atom. The van der Waals surface area contributed by atoms with Gasteiger partial charge in [-0.2, -0.15) is 0 Å². The zero-order valence-corrected chi connectivity index (χ0v) is 14.9. The summed E-state index contributed by atoms with van der Waals surface area (Å²) in [6.07, 6.45) is -5.69. The zero-order valence-electron chi connectivity index (χ0n) is 11.4. The molecule has 6 atom stereocenters. The Hall–Kier alpha value is 0.520. The van der Waals surface area contributed by atoms with Crippen molar-refractivity contribution in [1.29, 1.82) is 0 Å². The third-order valence-electron chi connectivity index (χ3n) is 3.65. The van der Waals surface area contributed by atoms with Gasteiger partial charge in [0.1, 0.15) is 17.0 Å². The van der Waals surface area contributed by atoms with E-state index >= 15 is 0 Å². The topological polar surface area (TPSA) is 271 Å². The molecule has 10 N–H and O–H groups in total. The molecule has 0 aromatic carbocycles. The lowest BCUT2D eigenvalue weighted by Gasteiger charge is -2.47. The van der Waals surface area contributed by atoms with Gasteiger partial charge in [0.05, 0.1) is 17.9 Å². The fourth-order valence-electron chi connectivity index (χ4n) is 2.80. The fraction of sp³-hybridized carbons (Fsp3) is 1.00. The molecule has 0 aromatic rings. The first-order chi connectivity index (χ1) is 10.3. The van der Waals surface area contributed by atoms with Crippen LogP contribution in [-0.4, -0.2) is 84.2 Å². The molecule has 0 amide bonds. The van der Waals surface area contributed by atoms with Crippen LogP contribution >= 0.6 is 30.4 Å². The van der Waals surface area contributed by atoms with Gasteiger partial charge in [0.2, 0.25) is 0 Å². The van der Waals surface area contributed by atoms with Crippen molar-refractivity contribution in [3.05, 3.63) is 0 Å². The molecule has 1 aliphatic rings. The van der Waals surface area contributed by atoms with Crippen LogP contribution in [0.25, 0.3) is 0 Å². The minimum absolute atomic E-state index is 2.77. The molecule has 0 aromatic heterocycles. The Labute approximate surface area is 133 Å². The van der Waals surface area contributed by atoms with E-state index in [1.165, 1.54) is 0 Å². The predicted octanol–water partition coefficient (Wildman–Crippen LogP) is -3.09. The maximum absolute atomic E-state index is 11.5. The van der Waals surface area contributed by atoms with Crippen molar-refractivity contribution in [3.63, 3.8) is 0 Å². The second kappa shape index (κ2) is 6.60. The van der Waals surface area contributed by atoms with Crippen molar-refractivity contribution in [1.82, 2.24) is 0 Å². The molecule has 18 heteroatoms. The highest BCUT2D eigenvalue weighted by Crippen LogP contribution is 2.68. The van der Waals surface area contributed by atoms with Gasteiger partial charge >= 0.3 is 30.4 Å². The van der Waals surface area contributed by atoms with Crippen LogP contribution < -0.4 is 0 Å². The summed E-state index contributed by atoms with van der Waals surface area (Å²) in [5.74, 6) is 0. The van der Waals surface area contributed by atoms with Crippen molar-refractivity contribution in [2.24, 2.45) is 0 Å². The predicted molar refractivity (Wildman–Crippen MR) is 75.3 cm³/mol. The van der Waals surface area contributed by atoms with Crippen molar-refractivity contribution in [2.45, 2.75) is 34.8 Å². The molecule has 1 fully saturated rings. The monoisotopic (exact) mass is 436 g/mol. The number of hydrogen-bond acceptors (Lipinski definition) is 6. The lowest BCUT2D eigenvalue weighted by Crippen LogP contribution is -2.62. The van der Waals surface area contributed by atoms with Gasteiger partial charge in [0.15, 0.2) is 0 Å². The number of aliphatic hydroxyl groups excluding tert-OH is 2. The van der Waals surface area contributed by atoms with E-state index in [1.807, 2.05) is 0 Å². The normalized spacial score (nSPS) is 36.6. The molecular formula is C6H16O14P4. The average molecular weight is 436 g/mol. The lowest BCUT2D eigenvalue weighted by atomic mass is 9.92. The van der Waals surface area contributed by atoms with Gasteiger partial charge in [-0.05, 0) is 0 Å². The van der Waals surface area contributed by atoms with E-state index in [-0.39, 0.29) is 0 Å². The summed E-state index contributed by atoms with van der Waals surface area (Å²) in [6, 6.07) is 0. The van der Waals surface area contributed by atoms with Crippen LogP contribution in [-0.2, 0) is 18.3 Å². The summed E-state index contributed by atoms with van der Waals surface area (Å²) in [5, 5.41) is 19.7. The smallest absolute Gasteiger partial charge is 0.333 e. The van der Waals surface area contributed by atoms with E-state index in [1.54, 1.807) is 0 Å². The second-order valence-corrected chi connectivity index (χ2v) is 12.4. The van der Waals surface area contributed by atoms with Gasteiger partial charge < -0.3 is 49.4 Å². The summed E-state index contributed by atoms with van der Waals surface area (Å²) < 4.78 is 45.9. The van der Waals surface area contributed by atoms with Gasteiger partial charge in [-0.1, -0.05) is 0 Å². The Kier molecular flexibility index (Phi) is 6.20. The summed E-state index contributed by atoms with van der Waals surface area (Å²) >= 11 is 0. The lowest BCUT2D eigenvalue weighted by molar-refractivity contribution is 0.0297. The Bertz CT molecular complexity index is 629. The average Bonchev–Trinajstić information content (AvgIpc) is 2.20. The molecule has 0 saturated heterocycles. The summed E-state index contributed by atoms with van der Waals surface area (Å²) in [6.45, 7) is 0. The molecule has 144 valence electrons. The molecule has 1 rings (SSSR count). The van der Waals surface area contributed by atoms with E-state index in [9.17, 15) is 57.8 Å². The van der Waals surface area contributed by atoms with Gasteiger partial charge in [-0.15, -0.1) is 0 Å². The zero-order chi connectivity index (χ0) is 19.5. The maximum Gasteiger partial charge on any atom is 0.333 e. The summed E-state index contributed by atoms with van der Waals surface area (Å²) in [5.41, 5.74) is -11.5. The molecule has 1 aliphatic carbocycles. The molecule has 24 heavy (non-hydrogen) atoms. The van der Waals surface area contributed by atoms with Crippen molar-refractivity contribution >= 4 is 30.4 Å². The van der Waals surface area contributed by atoms with Crippen LogP contribution in [0.5, 0.6) is 0 Å². The SMILES string of the molecule is O=P(O)(O)C1[C@@H](O)[C@H](P(=O)(O)O)C(P(=O)(O)O)[C@H](P(=O)(O)O)[C@@H]1O. The van der Waals surface area contributed by atoms with Crippen LogP contribution in [0.3, 0.4) is 0 Å². The molecule has 0 heterocycles. The van der Waals surface area contributed by atoms with Crippen LogP contribution in [0.4, 0.5) is 0 Å². The largest absolute Gasteiger partial charge is 0.391 e. The summed E-state index contributed by atoms with van der Waals surface area (Å²) in [4.78, 5) is 73.6. The number of hydrogen-bond donors (Lipinski definition) is 10. The Morgan fingerprint density at radius 2 is 0.625 bits per heavy atom. The van der Waals surface area contributed by atoms with Crippen molar-refractivity contribution < 1.29 is 67.6 Å². The van der Waals surface area contributed by atoms with Crippen molar-refractivity contribution in [2.75, 3.05) is 0 Å². The number of rotatable bonds is 4. The van der Waals surface area contributed by atoms with Gasteiger partial charge in [-0.3, -0.25) is 18.3 Å². The first-order valence-electron chi connectivity index (χ1n) is 5.88. The maximum atomic E-state index is 11.5. The Morgan fingerprint density at radius 3 is 0.792 bits per heavy atom. The third kappa shape index (κ3) is 4.43. The molecule has 2 unspecified atom stereocenters. The van der Waals surface area contributed by atoms with Crippen LogP contribution in [0.15, 0.2) is 0 Å². The highest BCUT2D eigenvalue weighted by molar-refractivity contribution is 7.60. The minimum Gasteiger partial charge on any atom is -0.391 e. The van der Waals surface area contributed by atoms with Crippen LogP contribution in [0.2, 0.25) is 0 Å². The fourth-order valence-corrected chi connectivity index (χ4v) is 9.94. The standard InChI is InChI=1S/C6H16O14P4/c7-1-3(21(9,10)11)2(8)5(23(15,16)17)6(24(18,19)20)4(1)22(12,13)14/h1-8H,(H2,9,10,11)(H2,12,13,14)(H2,15,16,17)(H2,18,19,20)/t1-,2-,3?,4-,5+,6?/m1/s1. The second-order valence-electron chi connectivity index (χ2n) is 5.30.